The van der Waals surface area contributed by atoms with Crippen LogP contribution in [-0.2, 0) is 4.74 Å². The average molecular weight is 425 g/mol. The van der Waals surface area contributed by atoms with Crippen LogP contribution < -0.4 is 0 Å². The van der Waals surface area contributed by atoms with Crippen molar-refractivity contribution in [1.82, 2.24) is 0 Å². The van der Waals surface area contributed by atoms with E-state index in [1.54, 1.807) is 11.1 Å². The van der Waals surface area contributed by atoms with E-state index in [1.165, 1.54) is 61.7 Å². The minimum atomic E-state index is 0.624. The third kappa shape index (κ3) is 14.8. The maximum atomic E-state index is 5.26. The highest BCUT2D eigenvalue weighted by molar-refractivity contribution is 5.13. The highest BCUT2D eigenvalue weighted by Crippen LogP contribution is 2.20. The van der Waals surface area contributed by atoms with Crippen molar-refractivity contribution >= 4 is 0 Å². The minimum absolute atomic E-state index is 0.624. The van der Waals surface area contributed by atoms with Crippen LogP contribution in [0.4, 0.5) is 0 Å². The maximum absolute atomic E-state index is 5.26. The monoisotopic (exact) mass is 424 g/mol. The first-order valence-corrected chi connectivity index (χ1v) is 12.4. The van der Waals surface area contributed by atoms with Crippen LogP contribution in [0.2, 0.25) is 0 Å². The molecule has 0 aromatic rings. The van der Waals surface area contributed by atoms with Gasteiger partial charge in [0.2, 0.25) is 0 Å². The van der Waals surface area contributed by atoms with Crippen LogP contribution in [0.3, 0.4) is 0 Å². The number of hydrogen-bond acceptors (Lipinski definition) is 1. The lowest BCUT2D eigenvalue weighted by Crippen LogP contribution is -1.97. The summed E-state index contributed by atoms with van der Waals surface area (Å²) in [5.74, 6) is 0.624. The second-order valence-electron chi connectivity index (χ2n) is 9.57. The number of unbranched alkanes of at least 4 members (excludes halogenated alkanes) is 1. The summed E-state index contributed by atoms with van der Waals surface area (Å²) in [6, 6.07) is 0. The fourth-order valence-electron chi connectivity index (χ4n) is 3.69. The first kappa shape index (κ1) is 27.3. The van der Waals surface area contributed by atoms with Gasteiger partial charge in [-0.2, -0.15) is 0 Å². The second kappa shape index (κ2) is 16.9. The van der Waals surface area contributed by atoms with Gasteiger partial charge in [0.1, 0.15) is 0 Å². The van der Waals surface area contributed by atoms with Crippen LogP contribution in [0.25, 0.3) is 0 Å². The Bertz CT molecular complexity index is 677. The molecule has 1 nitrogen and oxygen atoms in total. The van der Waals surface area contributed by atoms with Gasteiger partial charge in [0.25, 0.3) is 0 Å². The van der Waals surface area contributed by atoms with Gasteiger partial charge < -0.3 is 4.74 Å². The van der Waals surface area contributed by atoms with Crippen molar-refractivity contribution in [2.24, 2.45) is 5.92 Å². The molecular formula is C30H48O. The Morgan fingerprint density at radius 2 is 1.35 bits per heavy atom. The normalized spacial score (nSPS) is 17.8. The van der Waals surface area contributed by atoms with E-state index in [9.17, 15) is 0 Å². The molecule has 1 rings (SSSR count). The molecule has 1 aliphatic rings. The zero-order valence-corrected chi connectivity index (χ0v) is 21.3. The van der Waals surface area contributed by atoms with Gasteiger partial charge in [0, 0.05) is 5.92 Å². The van der Waals surface area contributed by atoms with Gasteiger partial charge >= 0.3 is 0 Å². The molecule has 0 aliphatic carbocycles. The molecule has 0 saturated heterocycles. The molecule has 1 unspecified atom stereocenters. The topological polar surface area (TPSA) is 9.23 Å². The predicted molar refractivity (Wildman–Crippen MR) is 139 cm³/mol. The highest BCUT2D eigenvalue weighted by Gasteiger charge is 2.07. The lowest BCUT2D eigenvalue weighted by molar-refractivity contribution is 0.245. The predicted octanol–water partition coefficient (Wildman–Crippen LogP) is 9.80. The number of allylic oxidation sites excluding steroid dienone is 10. The summed E-state index contributed by atoms with van der Waals surface area (Å²) in [7, 11) is 0. The van der Waals surface area contributed by atoms with Gasteiger partial charge in [-0.25, -0.2) is 0 Å². The molecule has 1 atom stereocenters. The molecule has 1 heteroatoms. The van der Waals surface area contributed by atoms with Gasteiger partial charge in [0.15, 0.2) is 0 Å². The van der Waals surface area contributed by atoms with E-state index in [2.05, 4.69) is 78.0 Å². The molecule has 0 saturated carbocycles. The zero-order valence-electron chi connectivity index (χ0n) is 21.3. The third-order valence-corrected chi connectivity index (χ3v) is 6.18. The fraction of sp³-hybridized carbons (Fsp3) is 0.600. The van der Waals surface area contributed by atoms with Crippen molar-refractivity contribution in [3.63, 3.8) is 0 Å². The molecule has 0 spiro atoms. The van der Waals surface area contributed by atoms with E-state index >= 15 is 0 Å². The van der Waals surface area contributed by atoms with E-state index in [4.69, 9.17) is 4.74 Å². The Balaban J connectivity index is 2.19. The van der Waals surface area contributed by atoms with E-state index < -0.39 is 0 Å². The zero-order chi connectivity index (χ0) is 22.9. The summed E-state index contributed by atoms with van der Waals surface area (Å²) in [6.45, 7) is 14.4. The molecular weight excluding hydrogens is 376 g/mol. The molecule has 0 bridgehead atoms. The highest BCUT2D eigenvalue weighted by atomic mass is 16.5. The number of rotatable bonds is 15. The van der Waals surface area contributed by atoms with Gasteiger partial charge in [-0.3, -0.25) is 0 Å². The lowest BCUT2D eigenvalue weighted by atomic mass is 9.98. The van der Waals surface area contributed by atoms with Gasteiger partial charge in [-0.1, -0.05) is 58.2 Å². The summed E-state index contributed by atoms with van der Waals surface area (Å²) < 4.78 is 5.26. The van der Waals surface area contributed by atoms with Crippen molar-refractivity contribution in [2.45, 2.75) is 106 Å². The Labute approximate surface area is 193 Å². The third-order valence-electron chi connectivity index (χ3n) is 6.18. The molecule has 0 aromatic heterocycles. The largest absolute Gasteiger partial charge is 0.501 e. The molecule has 0 radical (unpaired) electrons. The van der Waals surface area contributed by atoms with Crippen LogP contribution in [0.15, 0.2) is 70.6 Å². The quantitative estimate of drug-likeness (QED) is 0.188. The van der Waals surface area contributed by atoms with Crippen molar-refractivity contribution < 1.29 is 4.74 Å². The van der Waals surface area contributed by atoms with Crippen LogP contribution in [-0.4, -0.2) is 6.61 Å². The van der Waals surface area contributed by atoms with E-state index in [1.807, 2.05) is 6.26 Å². The van der Waals surface area contributed by atoms with E-state index in [0.717, 1.165) is 25.9 Å². The van der Waals surface area contributed by atoms with Crippen molar-refractivity contribution in [3.05, 3.63) is 70.6 Å². The molecule has 1 aliphatic heterocycles. The summed E-state index contributed by atoms with van der Waals surface area (Å²) in [4.78, 5) is 0. The van der Waals surface area contributed by atoms with Crippen molar-refractivity contribution in [2.75, 3.05) is 6.61 Å². The molecule has 0 fully saturated rings. The first-order valence-electron chi connectivity index (χ1n) is 12.4. The lowest BCUT2D eigenvalue weighted by Gasteiger charge is -2.08. The fourth-order valence-corrected chi connectivity index (χ4v) is 3.69. The molecule has 174 valence electrons. The smallest absolute Gasteiger partial charge is 0.0937 e. The minimum Gasteiger partial charge on any atom is -0.501 e. The number of ether oxygens (including phenoxy) is 1. The Hall–Kier alpha value is -1.76. The average Bonchev–Trinajstić information content (AvgIpc) is 3.24. The number of hydrogen-bond donors (Lipinski definition) is 0. The Morgan fingerprint density at radius 1 is 0.710 bits per heavy atom. The molecule has 0 amide bonds. The Morgan fingerprint density at radius 3 is 2.06 bits per heavy atom. The second-order valence-corrected chi connectivity index (χ2v) is 9.57. The van der Waals surface area contributed by atoms with Gasteiger partial charge in [0.05, 0.1) is 12.9 Å². The SMILES string of the molecule is CC(C)=CCC/C(C)=C/CC/C(C)=C(\C)CC/C(C)=C/CC/C=C/CCC1C=COC1. The van der Waals surface area contributed by atoms with Crippen molar-refractivity contribution in [1.29, 1.82) is 0 Å². The molecule has 1 heterocycles. The van der Waals surface area contributed by atoms with Crippen LogP contribution in [0.5, 0.6) is 0 Å². The van der Waals surface area contributed by atoms with Crippen LogP contribution in [0.1, 0.15) is 106 Å². The van der Waals surface area contributed by atoms with E-state index in [0.29, 0.717) is 5.92 Å². The van der Waals surface area contributed by atoms with Crippen LogP contribution in [0, 0.1) is 5.92 Å². The summed E-state index contributed by atoms with van der Waals surface area (Å²) in [5, 5.41) is 0. The summed E-state index contributed by atoms with van der Waals surface area (Å²) >= 11 is 0. The van der Waals surface area contributed by atoms with Gasteiger partial charge in [-0.05, 0) is 112 Å². The Kier molecular flexibility index (Phi) is 14.8. The summed E-state index contributed by atoms with van der Waals surface area (Å²) in [5.41, 5.74) is 7.63. The van der Waals surface area contributed by atoms with Crippen LogP contribution >= 0.6 is 0 Å². The molecule has 0 aromatic carbocycles. The standard InChI is InChI=1S/C30H48O/c1-25(2)14-12-16-26(3)17-13-18-28(5)29(6)21-20-27(4)15-10-8-7-9-11-19-30-22-23-31-24-30/h7,9,14-15,17,22-23,30H,8,10-13,16,18-21,24H2,1-6H3/b9-7+,26-17+,27-15+,29-28+. The van der Waals surface area contributed by atoms with Crippen molar-refractivity contribution in [3.8, 4) is 0 Å². The van der Waals surface area contributed by atoms with Gasteiger partial charge in [-0.15, -0.1) is 0 Å². The molecule has 31 heavy (non-hydrogen) atoms. The van der Waals surface area contributed by atoms with E-state index in [-0.39, 0.29) is 0 Å². The molecule has 0 N–H and O–H groups in total. The first-order chi connectivity index (χ1) is 14.9. The maximum Gasteiger partial charge on any atom is 0.0937 e. The summed E-state index contributed by atoms with van der Waals surface area (Å²) in [6.07, 6.45) is 27.7.